The molecule has 0 spiro atoms. The number of nitrogens with zero attached hydrogens (tertiary/aromatic N) is 1. The molecule has 3 N–H and O–H groups in total. The predicted molar refractivity (Wildman–Crippen MR) is 86.3 cm³/mol. The van der Waals surface area contributed by atoms with Crippen molar-refractivity contribution in [1.82, 2.24) is 10.2 Å². The van der Waals surface area contributed by atoms with Crippen molar-refractivity contribution in [3.8, 4) is 22.4 Å². The molecule has 0 aliphatic carbocycles. The molecule has 2 aromatic carbocycles. The van der Waals surface area contributed by atoms with Gasteiger partial charge in [-0.2, -0.15) is 5.10 Å². The maximum Gasteiger partial charge on any atom is 0.153 e. The monoisotopic (exact) mass is 345 g/mol. The third-order valence-corrected chi connectivity index (χ3v) is 4.22. The van der Waals surface area contributed by atoms with Crippen LogP contribution in [-0.4, -0.2) is 10.2 Å². The molecule has 0 aliphatic rings. The second kappa shape index (κ2) is 5.33. The second-order valence-electron chi connectivity index (χ2n) is 4.83. The quantitative estimate of drug-likeness (QED) is 0.716. The molecule has 0 aliphatic heterocycles. The zero-order valence-corrected chi connectivity index (χ0v) is 12.9. The Balaban J connectivity index is 2.19. The first-order chi connectivity index (χ1) is 10.1. The van der Waals surface area contributed by atoms with Crippen molar-refractivity contribution in [3.63, 3.8) is 0 Å². The van der Waals surface area contributed by atoms with Crippen LogP contribution in [0.2, 0.25) is 0 Å². The van der Waals surface area contributed by atoms with Crippen molar-refractivity contribution in [3.05, 3.63) is 58.3 Å². The fraction of sp³-hybridized carbons (Fsp3) is 0.0625. The summed E-state index contributed by atoms with van der Waals surface area (Å²) >= 11 is 3.52. The number of benzene rings is 2. The number of H-pyrrole nitrogens is 1. The number of rotatable bonds is 2. The van der Waals surface area contributed by atoms with Crippen molar-refractivity contribution in [2.45, 2.75) is 6.92 Å². The molecule has 3 aromatic rings. The van der Waals surface area contributed by atoms with Gasteiger partial charge in [0, 0.05) is 10.0 Å². The molecule has 3 rings (SSSR count). The number of anilines is 1. The highest BCUT2D eigenvalue weighted by Crippen LogP contribution is 2.36. The number of hydrogen-bond donors (Lipinski definition) is 2. The lowest BCUT2D eigenvalue weighted by atomic mass is 10.00. The highest BCUT2D eigenvalue weighted by atomic mass is 79.9. The van der Waals surface area contributed by atoms with Gasteiger partial charge in [0.25, 0.3) is 0 Å². The summed E-state index contributed by atoms with van der Waals surface area (Å²) in [6.45, 7) is 2.02. The number of nitrogens with one attached hydrogen (secondary N) is 1. The van der Waals surface area contributed by atoms with Crippen LogP contribution in [0.3, 0.4) is 0 Å². The first kappa shape index (κ1) is 13.8. The van der Waals surface area contributed by atoms with Gasteiger partial charge in [-0.05, 0) is 36.2 Å². The number of aromatic amines is 1. The Morgan fingerprint density at radius 1 is 1.14 bits per heavy atom. The van der Waals surface area contributed by atoms with E-state index in [1.54, 1.807) is 6.07 Å². The molecule has 1 aromatic heterocycles. The zero-order chi connectivity index (χ0) is 15.0. The molecule has 0 atom stereocenters. The van der Waals surface area contributed by atoms with E-state index in [0.717, 1.165) is 21.3 Å². The third-order valence-electron chi connectivity index (χ3n) is 3.37. The summed E-state index contributed by atoms with van der Waals surface area (Å²) in [6.07, 6.45) is 0. The maximum absolute atomic E-state index is 13.5. The molecule has 0 saturated heterocycles. The van der Waals surface area contributed by atoms with Crippen LogP contribution in [0.15, 0.2) is 46.9 Å². The average Bonchev–Trinajstić information content (AvgIpc) is 2.84. The highest BCUT2D eigenvalue weighted by Gasteiger charge is 2.15. The van der Waals surface area contributed by atoms with E-state index in [1.807, 2.05) is 31.2 Å². The van der Waals surface area contributed by atoms with Crippen molar-refractivity contribution in [2.75, 3.05) is 5.73 Å². The van der Waals surface area contributed by atoms with Gasteiger partial charge in [0.2, 0.25) is 0 Å². The third kappa shape index (κ3) is 2.56. The van der Waals surface area contributed by atoms with Crippen molar-refractivity contribution in [2.24, 2.45) is 0 Å². The molecule has 3 nitrogen and oxygen atoms in total. The van der Waals surface area contributed by atoms with Crippen molar-refractivity contribution in [1.29, 1.82) is 0 Å². The SMILES string of the molecule is Cc1ccc(-c2[nH]nc(N)c2-c2cccc(F)c2)cc1Br. The first-order valence-corrected chi connectivity index (χ1v) is 7.22. The molecular weight excluding hydrogens is 333 g/mol. The van der Waals surface area contributed by atoms with E-state index >= 15 is 0 Å². The Hall–Kier alpha value is -2.14. The Bertz CT molecular complexity index is 811. The highest BCUT2D eigenvalue weighted by molar-refractivity contribution is 9.10. The van der Waals surface area contributed by atoms with Crippen LogP contribution < -0.4 is 5.73 Å². The number of hydrogen-bond acceptors (Lipinski definition) is 2. The summed E-state index contributed by atoms with van der Waals surface area (Å²) in [5.41, 5.74) is 10.2. The van der Waals surface area contributed by atoms with Crippen LogP contribution in [0.25, 0.3) is 22.4 Å². The second-order valence-corrected chi connectivity index (χ2v) is 5.69. The summed E-state index contributed by atoms with van der Waals surface area (Å²) in [5.74, 6) is 0.0523. The number of aryl methyl sites for hydroxylation is 1. The zero-order valence-electron chi connectivity index (χ0n) is 11.3. The van der Waals surface area contributed by atoms with Gasteiger partial charge in [0.15, 0.2) is 5.82 Å². The average molecular weight is 346 g/mol. The molecule has 5 heteroatoms. The molecule has 0 fully saturated rings. The number of halogens is 2. The lowest BCUT2D eigenvalue weighted by molar-refractivity contribution is 0.628. The Kier molecular flexibility index (Phi) is 3.51. The maximum atomic E-state index is 13.5. The van der Waals surface area contributed by atoms with Crippen LogP contribution in [0.1, 0.15) is 5.56 Å². The number of aromatic nitrogens is 2. The van der Waals surface area contributed by atoms with E-state index in [4.69, 9.17) is 5.73 Å². The molecule has 0 amide bonds. The van der Waals surface area contributed by atoms with E-state index in [2.05, 4.69) is 26.1 Å². The molecule has 0 radical (unpaired) electrons. The largest absolute Gasteiger partial charge is 0.382 e. The fourth-order valence-electron chi connectivity index (χ4n) is 2.25. The van der Waals surface area contributed by atoms with Crippen LogP contribution in [0, 0.1) is 12.7 Å². The van der Waals surface area contributed by atoms with Crippen LogP contribution in [0.5, 0.6) is 0 Å². The summed E-state index contributed by atoms with van der Waals surface area (Å²) in [5, 5.41) is 7.00. The van der Waals surface area contributed by atoms with Gasteiger partial charge < -0.3 is 5.73 Å². The van der Waals surface area contributed by atoms with Gasteiger partial charge in [-0.15, -0.1) is 0 Å². The van der Waals surface area contributed by atoms with E-state index < -0.39 is 0 Å². The molecule has 1 heterocycles. The standard InChI is InChI=1S/C16H13BrFN3/c1-9-5-6-11(8-13(9)17)15-14(16(19)21-20-15)10-3-2-4-12(18)7-10/h2-8H,1H3,(H3,19,20,21). The Labute approximate surface area is 130 Å². The van der Waals surface area contributed by atoms with Gasteiger partial charge in [0.05, 0.1) is 11.3 Å². The van der Waals surface area contributed by atoms with E-state index in [-0.39, 0.29) is 5.82 Å². The summed E-state index contributed by atoms with van der Waals surface area (Å²) in [4.78, 5) is 0. The van der Waals surface area contributed by atoms with Crippen molar-refractivity contribution >= 4 is 21.7 Å². The number of nitrogens with two attached hydrogens (primary N) is 1. The summed E-state index contributed by atoms with van der Waals surface area (Å²) in [7, 11) is 0. The van der Waals surface area contributed by atoms with Crippen LogP contribution in [0.4, 0.5) is 10.2 Å². The minimum Gasteiger partial charge on any atom is -0.382 e. The minimum atomic E-state index is -0.302. The topological polar surface area (TPSA) is 54.7 Å². The lowest BCUT2D eigenvalue weighted by Crippen LogP contribution is -1.90. The van der Waals surface area contributed by atoms with Crippen LogP contribution in [-0.2, 0) is 0 Å². The Morgan fingerprint density at radius 3 is 2.67 bits per heavy atom. The van der Waals surface area contributed by atoms with E-state index in [9.17, 15) is 4.39 Å². The van der Waals surface area contributed by atoms with Gasteiger partial charge in [-0.3, -0.25) is 5.10 Å². The fourth-order valence-corrected chi connectivity index (χ4v) is 2.63. The normalized spacial score (nSPS) is 10.8. The Morgan fingerprint density at radius 2 is 1.95 bits per heavy atom. The van der Waals surface area contributed by atoms with Gasteiger partial charge in [-0.25, -0.2) is 4.39 Å². The summed E-state index contributed by atoms with van der Waals surface area (Å²) < 4.78 is 14.5. The molecule has 106 valence electrons. The van der Waals surface area contributed by atoms with Gasteiger partial charge >= 0.3 is 0 Å². The van der Waals surface area contributed by atoms with E-state index in [1.165, 1.54) is 12.1 Å². The predicted octanol–water partition coefficient (Wildman–Crippen LogP) is 4.54. The van der Waals surface area contributed by atoms with Gasteiger partial charge in [0.1, 0.15) is 5.82 Å². The first-order valence-electron chi connectivity index (χ1n) is 6.42. The number of nitrogen functional groups attached to an aromatic ring is 1. The smallest absolute Gasteiger partial charge is 0.153 e. The molecule has 0 saturated carbocycles. The lowest BCUT2D eigenvalue weighted by Gasteiger charge is -2.07. The molecule has 21 heavy (non-hydrogen) atoms. The molecule has 0 bridgehead atoms. The van der Waals surface area contributed by atoms with Gasteiger partial charge in [-0.1, -0.05) is 40.2 Å². The van der Waals surface area contributed by atoms with E-state index in [0.29, 0.717) is 16.9 Å². The molecule has 0 unspecified atom stereocenters. The minimum absolute atomic E-state index is 0.302. The van der Waals surface area contributed by atoms with Crippen LogP contribution >= 0.6 is 15.9 Å². The molecular formula is C16H13BrFN3. The van der Waals surface area contributed by atoms with Crippen molar-refractivity contribution < 1.29 is 4.39 Å². The summed E-state index contributed by atoms with van der Waals surface area (Å²) in [6, 6.07) is 12.3.